The monoisotopic (exact) mass is 406 g/mol. The van der Waals surface area contributed by atoms with Gasteiger partial charge in [-0.2, -0.15) is 5.26 Å². The second-order valence-corrected chi connectivity index (χ2v) is 4.21. The van der Waals surface area contributed by atoms with Gasteiger partial charge in [0.25, 0.3) is 6.43 Å². The van der Waals surface area contributed by atoms with E-state index in [-0.39, 0.29) is 14.7 Å². The smallest absolute Gasteiger partial charge is 0.248 e. The molecule has 68 valence electrons. The Kier molecular flexibility index (Phi) is 3.78. The lowest BCUT2D eigenvalue weighted by Crippen LogP contribution is -1.98. The topological polar surface area (TPSA) is 36.7 Å². The summed E-state index contributed by atoms with van der Waals surface area (Å²) in [6.07, 6.45) is -1.47. The predicted molar refractivity (Wildman–Crippen MR) is 59.3 cm³/mol. The highest BCUT2D eigenvalue weighted by Gasteiger charge is 2.17. The molecule has 6 heteroatoms. The zero-order chi connectivity index (χ0) is 10.0. The molecule has 0 saturated carbocycles. The van der Waals surface area contributed by atoms with Gasteiger partial charge in [-0.1, -0.05) is 0 Å². The van der Waals surface area contributed by atoms with Crippen LogP contribution in [-0.2, 0) is 0 Å². The number of pyridine rings is 1. The van der Waals surface area contributed by atoms with E-state index in [1.165, 1.54) is 0 Å². The number of nitriles is 1. The fourth-order valence-corrected chi connectivity index (χ4v) is 2.53. The normalized spacial score (nSPS) is 10.2. The van der Waals surface area contributed by atoms with Crippen LogP contribution < -0.4 is 0 Å². The van der Waals surface area contributed by atoms with Gasteiger partial charge >= 0.3 is 0 Å². The molecule has 0 amide bonds. The molecule has 0 atom stereocenters. The van der Waals surface area contributed by atoms with E-state index in [0.717, 1.165) is 6.20 Å². The second kappa shape index (κ2) is 4.45. The van der Waals surface area contributed by atoms with Crippen LogP contribution in [0, 0.1) is 18.6 Å². The van der Waals surface area contributed by atoms with Crippen LogP contribution in [0.5, 0.6) is 0 Å². The molecule has 0 fully saturated rings. The van der Waals surface area contributed by atoms with Gasteiger partial charge in [0.1, 0.15) is 9.77 Å². The average molecular weight is 406 g/mol. The Morgan fingerprint density at radius 2 is 2.08 bits per heavy atom. The molecule has 0 aliphatic heterocycles. The van der Waals surface area contributed by atoms with Crippen molar-refractivity contribution in [2.24, 2.45) is 0 Å². The first kappa shape index (κ1) is 11.0. The Balaban J connectivity index is 3.38. The van der Waals surface area contributed by atoms with E-state index in [0.29, 0.717) is 3.70 Å². The summed E-state index contributed by atoms with van der Waals surface area (Å²) in [7, 11) is 0. The summed E-state index contributed by atoms with van der Waals surface area (Å²) in [4.78, 5) is 3.71. The molecular formula is C7H2F2I2N2. The fourth-order valence-electron chi connectivity index (χ4n) is 0.730. The molecule has 0 saturated heterocycles. The van der Waals surface area contributed by atoms with Gasteiger partial charge < -0.3 is 0 Å². The van der Waals surface area contributed by atoms with Crippen LogP contribution in [0.15, 0.2) is 6.20 Å². The Labute approximate surface area is 101 Å². The van der Waals surface area contributed by atoms with Gasteiger partial charge in [-0.15, -0.1) is 0 Å². The van der Waals surface area contributed by atoms with E-state index in [1.54, 1.807) is 22.6 Å². The highest BCUT2D eigenvalue weighted by Crippen LogP contribution is 2.27. The fraction of sp³-hybridized carbons (Fsp3) is 0.143. The van der Waals surface area contributed by atoms with Gasteiger partial charge in [0.2, 0.25) is 0 Å². The van der Waals surface area contributed by atoms with Crippen molar-refractivity contribution < 1.29 is 8.78 Å². The van der Waals surface area contributed by atoms with Gasteiger partial charge in [-0.05, 0) is 45.2 Å². The largest absolute Gasteiger partial charge is 0.266 e. The lowest BCUT2D eigenvalue weighted by Gasteiger charge is -2.04. The lowest BCUT2D eigenvalue weighted by molar-refractivity contribution is 0.150. The maximum atomic E-state index is 12.3. The third kappa shape index (κ3) is 2.25. The molecule has 0 radical (unpaired) electrons. The lowest BCUT2D eigenvalue weighted by atomic mass is 10.2. The SMILES string of the molecule is N#Cc1c(I)ncc(C(F)F)c1I. The molecule has 0 aliphatic carbocycles. The van der Waals surface area contributed by atoms with Gasteiger partial charge in [0.05, 0.1) is 11.1 Å². The molecular weight excluding hydrogens is 404 g/mol. The van der Waals surface area contributed by atoms with E-state index in [4.69, 9.17) is 5.26 Å². The average Bonchev–Trinajstić information content (AvgIpc) is 2.04. The number of hydrogen-bond acceptors (Lipinski definition) is 2. The minimum atomic E-state index is -2.58. The van der Waals surface area contributed by atoms with Crippen molar-refractivity contribution in [1.29, 1.82) is 5.26 Å². The van der Waals surface area contributed by atoms with Crippen molar-refractivity contribution in [2.75, 3.05) is 0 Å². The first-order valence-electron chi connectivity index (χ1n) is 3.10. The predicted octanol–water partition coefficient (Wildman–Crippen LogP) is 3.10. The van der Waals surface area contributed by atoms with Crippen LogP contribution in [0.1, 0.15) is 17.6 Å². The van der Waals surface area contributed by atoms with Crippen molar-refractivity contribution in [1.82, 2.24) is 4.98 Å². The number of alkyl halides is 2. The number of aromatic nitrogens is 1. The zero-order valence-electron chi connectivity index (χ0n) is 6.06. The van der Waals surface area contributed by atoms with E-state index in [1.807, 2.05) is 28.7 Å². The van der Waals surface area contributed by atoms with Crippen molar-refractivity contribution in [3.8, 4) is 6.07 Å². The minimum Gasteiger partial charge on any atom is -0.248 e. The van der Waals surface area contributed by atoms with Crippen LogP contribution in [0.25, 0.3) is 0 Å². The van der Waals surface area contributed by atoms with Crippen LogP contribution in [0.2, 0.25) is 0 Å². The zero-order valence-corrected chi connectivity index (χ0v) is 10.4. The molecule has 1 heterocycles. The molecule has 13 heavy (non-hydrogen) atoms. The third-order valence-electron chi connectivity index (χ3n) is 1.34. The highest BCUT2D eigenvalue weighted by atomic mass is 127. The molecule has 1 aromatic heterocycles. The molecule has 0 unspecified atom stereocenters. The quantitative estimate of drug-likeness (QED) is 0.531. The summed E-state index contributed by atoms with van der Waals surface area (Å²) in [6.45, 7) is 0. The third-order valence-corrected chi connectivity index (χ3v) is 3.32. The summed E-state index contributed by atoms with van der Waals surface area (Å²) in [5.74, 6) is 0. The highest BCUT2D eigenvalue weighted by molar-refractivity contribution is 14.1. The summed E-state index contributed by atoms with van der Waals surface area (Å²) >= 11 is 3.58. The standard InChI is InChI=1S/C7H2F2I2N2/c8-6(9)4-2-13-7(11)3(1-12)5(4)10/h2,6H. The Morgan fingerprint density at radius 3 is 2.54 bits per heavy atom. The molecule has 0 N–H and O–H groups in total. The first-order valence-corrected chi connectivity index (χ1v) is 5.25. The van der Waals surface area contributed by atoms with Crippen LogP contribution in [0.3, 0.4) is 0 Å². The summed E-state index contributed by atoms with van der Waals surface area (Å²) in [5.41, 5.74) is 0.0385. The molecule has 0 aromatic carbocycles. The Hall–Kier alpha value is -0.0400. The minimum absolute atomic E-state index is 0.183. The Morgan fingerprint density at radius 1 is 1.46 bits per heavy atom. The van der Waals surface area contributed by atoms with E-state index in [2.05, 4.69) is 4.98 Å². The van der Waals surface area contributed by atoms with E-state index >= 15 is 0 Å². The van der Waals surface area contributed by atoms with Gasteiger partial charge in [-0.25, -0.2) is 13.8 Å². The molecule has 2 nitrogen and oxygen atoms in total. The summed E-state index contributed by atoms with van der Waals surface area (Å²) in [5, 5.41) is 8.66. The second-order valence-electron chi connectivity index (χ2n) is 2.11. The van der Waals surface area contributed by atoms with Crippen LogP contribution in [0.4, 0.5) is 8.78 Å². The van der Waals surface area contributed by atoms with Crippen LogP contribution >= 0.6 is 45.2 Å². The van der Waals surface area contributed by atoms with E-state index < -0.39 is 6.43 Å². The van der Waals surface area contributed by atoms with E-state index in [9.17, 15) is 8.78 Å². The van der Waals surface area contributed by atoms with Crippen molar-refractivity contribution in [2.45, 2.75) is 6.43 Å². The van der Waals surface area contributed by atoms with Crippen molar-refractivity contribution in [3.05, 3.63) is 24.6 Å². The molecule has 1 rings (SSSR count). The number of hydrogen-bond donors (Lipinski definition) is 0. The molecule has 0 spiro atoms. The summed E-state index contributed by atoms with van der Waals surface area (Å²) < 4.78 is 25.4. The molecule has 1 aromatic rings. The number of nitrogens with zero attached hydrogens (tertiary/aromatic N) is 2. The molecule has 0 aliphatic rings. The number of rotatable bonds is 1. The maximum absolute atomic E-state index is 12.3. The Bertz CT molecular complexity index is 373. The molecule has 0 bridgehead atoms. The number of halogens is 4. The van der Waals surface area contributed by atoms with Gasteiger partial charge in [0.15, 0.2) is 0 Å². The van der Waals surface area contributed by atoms with Gasteiger partial charge in [-0.3, -0.25) is 0 Å². The van der Waals surface area contributed by atoms with Crippen molar-refractivity contribution in [3.63, 3.8) is 0 Å². The van der Waals surface area contributed by atoms with Gasteiger partial charge in [0, 0.05) is 9.77 Å². The van der Waals surface area contributed by atoms with Crippen molar-refractivity contribution >= 4 is 45.2 Å². The first-order chi connectivity index (χ1) is 6.07. The van der Waals surface area contributed by atoms with Crippen LogP contribution in [-0.4, -0.2) is 4.98 Å². The summed E-state index contributed by atoms with van der Waals surface area (Å²) in [6, 6.07) is 1.85. The maximum Gasteiger partial charge on any atom is 0.266 e.